The maximum atomic E-state index is 12.8. The van der Waals surface area contributed by atoms with Crippen molar-refractivity contribution in [2.75, 3.05) is 13.1 Å². The van der Waals surface area contributed by atoms with E-state index in [2.05, 4.69) is 20.7 Å². The minimum atomic E-state index is -0.0964. The normalized spacial score (nSPS) is 15.4. The summed E-state index contributed by atoms with van der Waals surface area (Å²) in [6, 6.07) is 10.2. The van der Waals surface area contributed by atoms with Crippen LogP contribution in [-0.2, 0) is 7.05 Å². The van der Waals surface area contributed by atoms with Gasteiger partial charge < -0.3 is 10.6 Å². The number of carbonyl (C=O) groups is 1. The van der Waals surface area contributed by atoms with Gasteiger partial charge in [0.25, 0.3) is 5.91 Å². The molecule has 128 valence electrons. The molecule has 1 fully saturated rings. The van der Waals surface area contributed by atoms with E-state index >= 15 is 0 Å². The average molecular weight is 335 g/mol. The average Bonchev–Trinajstić information content (AvgIpc) is 3.00. The molecule has 1 amide bonds. The molecular formula is C19H21N5O. The van der Waals surface area contributed by atoms with Gasteiger partial charge in [-0.2, -0.15) is 5.10 Å². The van der Waals surface area contributed by atoms with Gasteiger partial charge in [-0.05, 0) is 49.7 Å². The summed E-state index contributed by atoms with van der Waals surface area (Å²) in [5.41, 5.74) is 3.49. The van der Waals surface area contributed by atoms with Gasteiger partial charge in [0.2, 0.25) is 0 Å². The summed E-state index contributed by atoms with van der Waals surface area (Å²) in [5.74, 6) is -0.0964. The summed E-state index contributed by atoms with van der Waals surface area (Å²) in [4.78, 5) is 16.9. The quantitative estimate of drug-likeness (QED) is 0.769. The van der Waals surface area contributed by atoms with Gasteiger partial charge in [0.05, 0.1) is 5.52 Å². The second-order valence-electron chi connectivity index (χ2n) is 6.44. The lowest BCUT2D eigenvalue weighted by Gasteiger charge is -2.23. The monoisotopic (exact) mass is 335 g/mol. The number of nitrogens with zero attached hydrogens (tertiary/aromatic N) is 3. The molecule has 0 saturated carbocycles. The van der Waals surface area contributed by atoms with Crippen molar-refractivity contribution < 1.29 is 4.79 Å². The van der Waals surface area contributed by atoms with E-state index in [-0.39, 0.29) is 11.9 Å². The van der Waals surface area contributed by atoms with Gasteiger partial charge >= 0.3 is 0 Å². The number of benzene rings is 1. The van der Waals surface area contributed by atoms with Crippen LogP contribution in [-0.4, -0.2) is 39.8 Å². The molecule has 3 aromatic rings. The Balaban J connectivity index is 1.69. The summed E-state index contributed by atoms with van der Waals surface area (Å²) in [6.07, 6.45) is 5.49. The standard InChI is InChI=1S/C19H21N5O/c1-24-17-5-4-13(14-3-2-8-21-12-14)11-16(17)18(23-24)19(25)22-15-6-9-20-10-7-15/h2-5,8,11-12,15,20H,6-7,9-10H2,1H3,(H,22,25). The number of rotatable bonds is 3. The van der Waals surface area contributed by atoms with Crippen molar-refractivity contribution in [1.29, 1.82) is 0 Å². The highest BCUT2D eigenvalue weighted by atomic mass is 16.2. The number of piperidine rings is 1. The van der Waals surface area contributed by atoms with E-state index in [1.807, 2.05) is 43.6 Å². The van der Waals surface area contributed by atoms with Crippen molar-refractivity contribution in [3.8, 4) is 11.1 Å². The molecule has 6 nitrogen and oxygen atoms in total. The number of pyridine rings is 1. The lowest BCUT2D eigenvalue weighted by Crippen LogP contribution is -2.42. The van der Waals surface area contributed by atoms with E-state index < -0.39 is 0 Å². The fourth-order valence-corrected chi connectivity index (χ4v) is 3.37. The van der Waals surface area contributed by atoms with E-state index in [4.69, 9.17) is 0 Å². The van der Waals surface area contributed by atoms with Gasteiger partial charge in [-0.1, -0.05) is 12.1 Å². The van der Waals surface area contributed by atoms with E-state index in [0.717, 1.165) is 48.0 Å². The number of fused-ring (bicyclic) bond motifs is 1. The SMILES string of the molecule is Cn1nc(C(=O)NC2CCNCC2)c2cc(-c3cccnc3)ccc21. The lowest BCUT2D eigenvalue weighted by atomic mass is 10.0. The zero-order valence-electron chi connectivity index (χ0n) is 14.2. The molecule has 1 aliphatic heterocycles. The Morgan fingerprint density at radius 3 is 2.84 bits per heavy atom. The molecule has 0 unspecified atom stereocenters. The Labute approximate surface area is 146 Å². The van der Waals surface area contributed by atoms with Crippen molar-refractivity contribution >= 4 is 16.8 Å². The first kappa shape index (κ1) is 15.8. The molecule has 2 aromatic heterocycles. The van der Waals surface area contributed by atoms with Gasteiger partial charge in [0, 0.05) is 36.4 Å². The zero-order valence-corrected chi connectivity index (χ0v) is 14.2. The molecule has 0 spiro atoms. The molecular weight excluding hydrogens is 314 g/mol. The largest absolute Gasteiger partial charge is 0.348 e. The van der Waals surface area contributed by atoms with Gasteiger partial charge in [-0.3, -0.25) is 14.5 Å². The molecule has 0 aliphatic carbocycles. The summed E-state index contributed by atoms with van der Waals surface area (Å²) in [6.45, 7) is 1.89. The number of carbonyl (C=O) groups excluding carboxylic acids is 1. The van der Waals surface area contributed by atoms with Crippen LogP contribution in [0.25, 0.3) is 22.0 Å². The van der Waals surface area contributed by atoms with Crippen LogP contribution >= 0.6 is 0 Å². The predicted molar refractivity (Wildman–Crippen MR) is 97.3 cm³/mol. The number of hydrogen-bond donors (Lipinski definition) is 2. The van der Waals surface area contributed by atoms with Gasteiger partial charge in [-0.15, -0.1) is 0 Å². The summed E-state index contributed by atoms with van der Waals surface area (Å²) >= 11 is 0. The van der Waals surface area contributed by atoms with Crippen molar-refractivity contribution in [3.05, 3.63) is 48.4 Å². The van der Waals surface area contributed by atoms with E-state index in [1.165, 1.54) is 0 Å². The Morgan fingerprint density at radius 2 is 2.08 bits per heavy atom. The number of aryl methyl sites for hydroxylation is 1. The molecule has 0 atom stereocenters. The third-order valence-corrected chi connectivity index (χ3v) is 4.73. The highest BCUT2D eigenvalue weighted by Gasteiger charge is 2.21. The molecule has 2 N–H and O–H groups in total. The maximum absolute atomic E-state index is 12.8. The lowest BCUT2D eigenvalue weighted by molar-refractivity contribution is 0.0925. The Hall–Kier alpha value is -2.73. The fraction of sp³-hybridized carbons (Fsp3) is 0.316. The van der Waals surface area contributed by atoms with Gasteiger partial charge in [0.1, 0.15) is 0 Å². The minimum absolute atomic E-state index is 0.0964. The Kier molecular flexibility index (Phi) is 4.19. The van der Waals surface area contributed by atoms with Crippen LogP contribution in [0.15, 0.2) is 42.7 Å². The Morgan fingerprint density at radius 1 is 1.24 bits per heavy atom. The van der Waals surface area contributed by atoms with Crippen LogP contribution in [0.4, 0.5) is 0 Å². The van der Waals surface area contributed by atoms with E-state index in [1.54, 1.807) is 10.9 Å². The van der Waals surface area contributed by atoms with Gasteiger partial charge in [-0.25, -0.2) is 0 Å². The molecule has 6 heteroatoms. The van der Waals surface area contributed by atoms with E-state index in [0.29, 0.717) is 5.69 Å². The number of nitrogens with one attached hydrogen (secondary N) is 2. The summed E-state index contributed by atoms with van der Waals surface area (Å²) < 4.78 is 1.76. The first-order valence-corrected chi connectivity index (χ1v) is 8.61. The highest BCUT2D eigenvalue weighted by Crippen LogP contribution is 2.26. The van der Waals surface area contributed by atoms with Crippen LogP contribution in [0.2, 0.25) is 0 Å². The molecule has 1 saturated heterocycles. The second-order valence-corrected chi connectivity index (χ2v) is 6.44. The smallest absolute Gasteiger partial charge is 0.272 e. The molecule has 1 aromatic carbocycles. The first-order chi connectivity index (χ1) is 12.2. The number of hydrogen-bond acceptors (Lipinski definition) is 4. The molecule has 0 bridgehead atoms. The predicted octanol–water partition coefficient (Wildman–Crippen LogP) is 2.12. The van der Waals surface area contributed by atoms with Gasteiger partial charge in [0.15, 0.2) is 5.69 Å². The minimum Gasteiger partial charge on any atom is -0.348 e. The molecule has 1 aliphatic rings. The highest BCUT2D eigenvalue weighted by molar-refractivity contribution is 6.06. The maximum Gasteiger partial charge on any atom is 0.272 e. The molecule has 25 heavy (non-hydrogen) atoms. The zero-order chi connectivity index (χ0) is 17.2. The van der Waals surface area contributed by atoms with Crippen LogP contribution in [0.1, 0.15) is 23.3 Å². The third kappa shape index (κ3) is 3.13. The summed E-state index contributed by atoms with van der Waals surface area (Å²) in [7, 11) is 1.87. The second kappa shape index (κ2) is 6.64. The van der Waals surface area contributed by atoms with Crippen LogP contribution in [0, 0.1) is 0 Å². The molecule has 0 radical (unpaired) electrons. The van der Waals surface area contributed by atoms with Crippen LogP contribution in [0.3, 0.4) is 0 Å². The van der Waals surface area contributed by atoms with E-state index in [9.17, 15) is 4.79 Å². The molecule has 4 rings (SSSR count). The third-order valence-electron chi connectivity index (χ3n) is 4.73. The van der Waals surface area contributed by atoms with Crippen LogP contribution in [0.5, 0.6) is 0 Å². The van der Waals surface area contributed by atoms with Crippen LogP contribution < -0.4 is 10.6 Å². The topological polar surface area (TPSA) is 71.8 Å². The number of amides is 1. The Bertz CT molecular complexity index is 897. The van der Waals surface area contributed by atoms with Crippen molar-refractivity contribution in [2.24, 2.45) is 7.05 Å². The summed E-state index contributed by atoms with van der Waals surface area (Å²) in [5, 5.41) is 11.8. The molecule has 3 heterocycles. The first-order valence-electron chi connectivity index (χ1n) is 8.61. The van der Waals surface area contributed by atoms with Crippen molar-refractivity contribution in [3.63, 3.8) is 0 Å². The fourth-order valence-electron chi connectivity index (χ4n) is 3.37. The number of aromatic nitrogens is 3. The van der Waals surface area contributed by atoms with Crippen molar-refractivity contribution in [1.82, 2.24) is 25.4 Å². The van der Waals surface area contributed by atoms with Crippen molar-refractivity contribution in [2.45, 2.75) is 18.9 Å².